The highest BCUT2D eigenvalue weighted by molar-refractivity contribution is 6.33. The summed E-state index contributed by atoms with van der Waals surface area (Å²) in [7, 11) is 0. The van der Waals surface area contributed by atoms with Crippen LogP contribution < -0.4 is 0 Å². The van der Waals surface area contributed by atoms with E-state index >= 15 is 0 Å². The molecule has 144 valence electrons. The van der Waals surface area contributed by atoms with Crippen LogP contribution in [0.1, 0.15) is 27.3 Å². The average Bonchev–Trinajstić information content (AvgIpc) is 3.00. The Hall–Kier alpha value is -3.44. The third-order valence-electron chi connectivity index (χ3n) is 4.85. The van der Waals surface area contributed by atoms with E-state index in [4.69, 9.17) is 11.6 Å². The van der Waals surface area contributed by atoms with Gasteiger partial charge >= 0.3 is 5.97 Å². The standard InChI is InChI=1S/C23H18ClN3O2/c1-14-10-17(13-26-18-5-8-22-16(11-18)4-3-9-25-22)15(2)27(14)19-6-7-21(24)20(12-19)23(28)29/h3-13H,1-2H3,(H,28,29). The number of hydrogen-bond donors (Lipinski definition) is 1. The summed E-state index contributed by atoms with van der Waals surface area (Å²) in [4.78, 5) is 20.4. The molecule has 0 saturated heterocycles. The molecule has 0 unspecified atom stereocenters. The predicted molar refractivity (Wildman–Crippen MR) is 116 cm³/mol. The van der Waals surface area contributed by atoms with Crippen molar-refractivity contribution < 1.29 is 9.90 Å². The Labute approximate surface area is 172 Å². The lowest BCUT2D eigenvalue weighted by molar-refractivity contribution is 0.0697. The number of benzene rings is 2. The molecule has 4 rings (SSSR count). The molecule has 29 heavy (non-hydrogen) atoms. The number of aromatic nitrogens is 2. The Balaban J connectivity index is 1.71. The van der Waals surface area contributed by atoms with E-state index in [0.717, 1.165) is 39.2 Å². The van der Waals surface area contributed by atoms with E-state index in [1.165, 1.54) is 0 Å². The van der Waals surface area contributed by atoms with Crippen LogP contribution in [0.5, 0.6) is 0 Å². The molecule has 0 bridgehead atoms. The molecule has 0 atom stereocenters. The zero-order valence-electron chi connectivity index (χ0n) is 15.9. The molecule has 0 fully saturated rings. The molecule has 0 aliphatic carbocycles. The van der Waals surface area contributed by atoms with Crippen LogP contribution in [0.15, 0.2) is 65.8 Å². The van der Waals surface area contributed by atoms with Crippen molar-refractivity contribution >= 4 is 40.4 Å². The first-order valence-electron chi connectivity index (χ1n) is 9.05. The molecule has 2 aromatic heterocycles. The van der Waals surface area contributed by atoms with E-state index in [0.29, 0.717) is 0 Å². The summed E-state index contributed by atoms with van der Waals surface area (Å²) < 4.78 is 1.99. The lowest BCUT2D eigenvalue weighted by atomic mass is 10.2. The number of nitrogens with zero attached hydrogens (tertiary/aromatic N) is 3. The van der Waals surface area contributed by atoms with E-state index in [9.17, 15) is 9.90 Å². The lowest BCUT2D eigenvalue weighted by Crippen LogP contribution is -2.03. The molecule has 0 saturated carbocycles. The van der Waals surface area contributed by atoms with Gasteiger partial charge in [0.25, 0.3) is 0 Å². The third kappa shape index (κ3) is 3.65. The number of aromatic carboxylic acids is 1. The minimum Gasteiger partial charge on any atom is -0.478 e. The summed E-state index contributed by atoms with van der Waals surface area (Å²) in [5, 5.41) is 10.6. The lowest BCUT2D eigenvalue weighted by Gasteiger charge is -2.11. The van der Waals surface area contributed by atoms with E-state index in [-0.39, 0.29) is 10.6 Å². The molecule has 0 aliphatic rings. The van der Waals surface area contributed by atoms with Crippen LogP contribution in [0.2, 0.25) is 5.02 Å². The number of aryl methyl sites for hydroxylation is 1. The number of fused-ring (bicyclic) bond motifs is 1. The van der Waals surface area contributed by atoms with Gasteiger partial charge in [0, 0.05) is 40.4 Å². The van der Waals surface area contributed by atoms with Crippen LogP contribution in [0, 0.1) is 13.8 Å². The van der Waals surface area contributed by atoms with Crippen LogP contribution in [-0.2, 0) is 0 Å². The van der Waals surface area contributed by atoms with Gasteiger partial charge in [-0.05, 0) is 62.4 Å². The maximum absolute atomic E-state index is 11.4. The average molecular weight is 404 g/mol. The fourth-order valence-electron chi connectivity index (χ4n) is 3.42. The number of rotatable bonds is 4. The zero-order chi connectivity index (χ0) is 20.5. The first-order chi connectivity index (χ1) is 13.9. The van der Waals surface area contributed by atoms with Gasteiger partial charge in [-0.3, -0.25) is 9.98 Å². The normalized spacial score (nSPS) is 11.4. The molecule has 0 amide bonds. The van der Waals surface area contributed by atoms with Crippen LogP contribution in [0.25, 0.3) is 16.6 Å². The number of pyridine rings is 1. The number of aliphatic imine (C=N–C) groups is 1. The maximum Gasteiger partial charge on any atom is 0.337 e. The van der Waals surface area contributed by atoms with Gasteiger partial charge in [0.2, 0.25) is 0 Å². The highest BCUT2D eigenvalue weighted by Crippen LogP contribution is 2.25. The number of carbonyl (C=O) groups is 1. The second-order valence-corrected chi connectivity index (χ2v) is 7.18. The third-order valence-corrected chi connectivity index (χ3v) is 5.18. The van der Waals surface area contributed by atoms with Crippen LogP contribution >= 0.6 is 11.6 Å². The van der Waals surface area contributed by atoms with Gasteiger partial charge in [-0.2, -0.15) is 0 Å². The Kier molecular flexibility index (Phi) is 4.91. The van der Waals surface area contributed by atoms with E-state index in [1.807, 2.05) is 67.1 Å². The minimum absolute atomic E-state index is 0.0802. The second kappa shape index (κ2) is 7.53. The molecular formula is C23H18ClN3O2. The van der Waals surface area contributed by atoms with Crippen molar-refractivity contribution in [1.29, 1.82) is 0 Å². The Morgan fingerprint density at radius 3 is 2.76 bits per heavy atom. The summed E-state index contributed by atoms with van der Waals surface area (Å²) in [6, 6.07) is 16.8. The number of carboxylic acid groups (broad SMARTS) is 1. The van der Waals surface area contributed by atoms with Crippen molar-refractivity contribution in [2.45, 2.75) is 13.8 Å². The molecular weight excluding hydrogens is 386 g/mol. The molecule has 0 aliphatic heterocycles. The van der Waals surface area contributed by atoms with Gasteiger partial charge in [-0.15, -0.1) is 0 Å². The molecule has 0 spiro atoms. The van der Waals surface area contributed by atoms with Crippen molar-refractivity contribution in [3.05, 3.63) is 88.3 Å². The van der Waals surface area contributed by atoms with Crippen molar-refractivity contribution in [2.24, 2.45) is 4.99 Å². The van der Waals surface area contributed by atoms with Crippen molar-refractivity contribution in [3.63, 3.8) is 0 Å². The minimum atomic E-state index is -1.05. The Bertz CT molecular complexity index is 1270. The van der Waals surface area contributed by atoms with Gasteiger partial charge in [0.15, 0.2) is 0 Å². The fourth-order valence-corrected chi connectivity index (χ4v) is 3.62. The number of halogens is 1. The zero-order valence-corrected chi connectivity index (χ0v) is 16.7. The monoisotopic (exact) mass is 403 g/mol. The van der Waals surface area contributed by atoms with E-state index < -0.39 is 5.97 Å². The van der Waals surface area contributed by atoms with Crippen molar-refractivity contribution in [1.82, 2.24) is 9.55 Å². The molecule has 2 aromatic carbocycles. The van der Waals surface area contributed by atoms with Crippen molar-refractivity contribution in [3.8, 4) is 5.69 Å². The Morgan fingerprint density at radius 2 is 1.97 bits per heavy atom. The van der Waals surface area contributed by atoms with Crippen LogP contribution in [-0.4, -0.2) is 26.8 Å². The highest BCUT2D eigenvalue weighted by atomic mass is 35.5. The quantitative estimate of drug-likeness (QED) is 0.441. The van der Waals surface area contributed by atoms with E-state index in [1.54, 1.807) is 18.3 Å². The van der Waals surface area contributed by atoms with Crippen LogP contribution in [0.4, 0.5) is 5.69 Å². The summed E-state index contributed by atoms with van der Waals surface area (Å²) in [6.07, 6.45) is 3.59. The van der Waals surface area contributed by atoms with Gasteiger partial charge in [-0.25, -0.2) is 4.79 Å². The first kappa shape index (κ1) is 18.9. The fraction of sp³-hybridized carbons (Fsp3) is 0.0870. The highest BCUT2D eigenvalue weighted by Gasteiger charge is 2.14. The largest absolute Gasteiger partial charge is 0.478 e. The molecule has 1 N–H and O–H groups in total. The number of carboxylic acids is 1. The molecule has 0 radical (unpaired) electrons. The summed E-state index contributed by atoms with van der Waals surface area (Å²) in [5.74, 6) is -1.05. The molecule has 5 nitrogen and oxygen atoms in total. The maximum atomic E-state index is 11.4. The summed E-state index contributed by atoms with van der Waals surface area (Å²) in [5.41, 5.74) is 5.50. The summed E-state index contributed by atoms with van der Waals surface area (Å²) in [6.45, 7) is 3.95. The smallest absolute Gasteiger partial charge is 0.337 e. The van der Waals surface area contributed by atoms with E-state index in [2.05, 4.69) is 9.98 Å². The predicted octanol–water partition coefficient (Wildman–Crippen LogP) is 5.74. The molecule has 6 heteroatoms. The number of hydrogen-bond acceptors (Lipinski definition) is 3. The summed E-state index contributed by atoms with van der Waals surface area (Å²) >= 11 is 6.01. The van der Waals surface area contributed by atoms with Gasteiger partial charge in [0.05, 0.1) is 21.8 Å². The van der Waals surface area contributed by atoms with Gasteiger partial charge in [0.1, 0.15) is 0 Å². The second-order valence-electron chi connectivity index (χ2n) is 6.77. The SMILES string of the molecule is Cc1cc(C=Nc2ccc3ncccc3c2)c(C)n1-c1ccc(Cl)c(C(=O)O)c1. The first-order valence-corrected chi connectivity index (χ1v) is 9.43. The molecule has 4 aromatic rings. The van der Waals surface area contributed by atoms with Crippen LogP contribution in [0.3, 0.4) is 0 Å². The topological polar surface area (TPSA) is 67.5 Å². The van der Waals surface area contributed by atoms with Gasteiger partial charge in [-0.1, -0.05) is 17.7 Å². The molecule has 2 heterocycles. The Morgan fingerprint density at radius 1 is 1.14 bits per heavy atom. The van der Waals surface area contributed by atoms with Crippen molar-refractivity contribution in [2.75, 3.05) is 0 Å². The van der Waals surface area contributed by atoms with Gasteiger partial charge < -0.3 is 9.67 Å².